The van der Waals surface area contributed by atoms with Crippen LogP contribution in [0, 0.1) is 0 Å². The summed E-state index contributed by atoms with van der Waals surface area (Å²) in [6.07, 6.45) is 0.991. The number of hydrogen-bond acceptors (Lipinski definition) is 6. The first-order valence-electron chi connectivity index (χ1n) is 6.85. The Morgan fingerprint density at radius 2 is 2.00 bits per heavy atom. The number of aryl methyl sites for hydroxylation is 1. The minimum absolute atomic E-state index is 0.433. The minimum atomic E-state index is 0.433. The van der Waals surface area contributed by atoms with Gasteiger partial charge >= 0.3 is 0 Å². The van der Waals surface area contributed by atoms with Crippen molar-refractivity contribution in [3.8, 4) is 0 Å². The molecule has 3 aromatic rings. The summed E-state index contributed by atoms with van der Waals surface area (Å²) in [5, 5.41) is 4.42. The molecule has 0 saturated heterocycles. The second kappa shape index (κ2) is 6.07. The highest BCUT2D eigenvalue weighted by Gasteiger charge is 2.10. The van der Waals surface area contributed by atoms with Crippen molar-refractivity contribution < 1.29 is 0 Å². The van der Waals surface area contributed by atoms with E-state index in [1.54, 1.807) is 11.3 Å². The third-order valence-corrected chi connectivity index (χ3v) is 4.40. The maximum atomic E-state index is 5.46. The van der Waals surface area contributed by atoms with E-state index in [4.69, 9.17) is 5.84 Å². The van der Waals surface area contributed by atoms with Crippen molar-refractivity contribution in [3.05, 3.63) is 46.8 Å². The van der Waals surface area contributed by atoms with Gasteiger partial charge in [0.05, 0.1) is 5.39 Å². The number of nitrogens with zero attached hydrogens (tertiary/aromatic N) is 2. The molecule has 0 aliphatic rings. The van der Waals surface area contributed by atoms with Crippen LogP contribution in [0.25, 0.3) is 10.2 Å². The number of thiophene rings is 1. The largest absolute Gasteiger partial charge is 0.365 e. The average Bonchev–Trinajstić information content (AvgIpc) is 2.96. The van der Waals surface area contributed by atoms with Crippen LogP contribution in [0.3, 0.4) is 0 Å². The molecule has 0 bridgehead atoms. The summed E-state index contributed by atoms with van der Waals surface area (Å²) in [7, 11) is 0. The van der Waals surface area contributed by atoms with E-state index in [0.29, 0.717) is 12.5 Å². The van der Waals surface area contributed by atoms with E-state index in [2.05, 4.69) is 45.8 Å². The van der Waals surface area contributed by atoms with E-state index in [1.165, 1.54) is 10.4 Å². The molecule has 3 rings (SSSR count). The Morgan fingerprint density at radius 1 is 1.19 bits per heavy atom. The van der Waals surface area contributed by atoms with Gasteiger partial charge in [0, 0.05) is 11.4 Å². The molecule has 0 fully saturated rings. The average molecular weight is 299 g/mol. The zero-order chi connectivity index (χ0) is 14.7. The van der Waals surface area contributed by atoms with Gasteiger partial charge in [-0.05, 0) is 18.1 Å². The summed E-state index contributed by atoms with van der Waals surface area (Å²) in [6.45, 7) is 2.85. The van der Waals surface area contributed by atoms with Crippen LogP contribution in [0.4, 0.5) is 11.8 Å². The van der Waals surface area contributed by atoms with Crippen molar-refractivity contribution >= 4 is 33.3 Å². The molecular weight excluding hydrogens is 282 g/mol. The Balaban J connectivity index is 1.94. The topological polar surface area (TPSA) is 75.9 Å². The van der Waals surface area contributed by atoms with E-state index in [9.17, 15) is 0 Å². The Hall–Kier alpha value is -2.18. The lowest BCUT2D eigenvalue weighted by Gasteiger charge is -2.08. The number of rotatable bonds is 5. The first kappa shape index (κ1) is 13.8. The zero-order valence-electron chi connectivity index (χ0n) is 11.8. The molecule has 0 aliphatic heterocycles. The van der Waals surface area contributed by atoms with Crippen molar-refractivity contribution in [2.45, 2.75) is 19.9 Å². The number of nitrogens with two attached hydrogens (primary N) is 1. The van der Waals surface area contributed by atoms with Crippen LogP contribution in [-0.4, -0.2) is 9.97 Å². The fourth-order valence-corrected chi connectivity index (χ4v) is 3.09. The first-order valence-corrected chi connectivity index (χ1v) is 7.66. The Kier molecular flexibility index (Phi) is 3.98. The third kappa shape index (κ3) is 2.96. The lowest BCUT2D eigenvalue weighted by molar-refractivity contribution is 1.09. The molecule has 5 nitrogen and oxygen atoms in total. The van der Waals surface area contributed by atoms with Crippen LogP contribution in [0.5, 0.6) is 0 Å². The van der Waals surface area contributed by atoms with Crippen molar-refractivity contribution in [2.75, 3.05) is 10.7 Å². The molecule has 21 heavy (non-hydrogen) atoms. The number of nitrogen functional groups attached to an aromatic ring is 1. The highest BCUT2D eigenvalue weighted by atomic mass is 32.1. The van der Waals surface area contributed by atoms with Gasteiger partial charge in [0.2, 0.25) is 5.95 Å². The molecule has 108 valence electrons. The molecule has 1 aromatic carbocycles. The fraction of sp³-hybridized carbons (Fsp3) is 0.200. The maximum absolute atomic E-state index is 5.46. The first-order chi connectivity index (χ1) is 10.3. The number of aromatic nitrogens is 2. The monoisotopic (exact) mass is 299 g/mol. The SMILES string of the molecule is CCc1cc2c(NCc3ccccc3)nc(NN)nc2s1. The predicted molar refractivity (Wildman–Crippen MR) is 88.4 cm³/mol. The van der Waals surface area contributed by atoms with E-state index in [1.807, 2.05) is 18.2 Å². The van der Waals surface area contributed by atoms with Crippen LogP contribution < -0.4 is 16.6 Å². The lowest BCUT2D eigenvalue weighted by atomic mass is 10.2. The molecule has 0 amide bonds. The third-order valence-electron chi connectivity index (χ3n) is 3.22. The molecule has 4 N–H and O–H groups in total. The minimum Gasteiger partial charge on any atom is -0.365 e. The summed E-state index contributed by atoms with van der Waals surface area (Å²) in [5.41, 5.74) is 3.74. The second-order valence-electron chi connectivity index (χ2n) is 4.66. The Labute approximate surface area is 127 Å². The van der Waals surface area contributed by atoms with Gasteiger partial charge < -0.3 is 5.32 Å². The van der Waals surface area contributed by atoms with Crippen LogP contribution in [0.2, 0.25) is 0 Å². The summed E-state index contributed by atoms with van der Waals surface area (Å²) < 4.78 is 0. The van der Waals surface area contributed by atoms with Gasteiger partial charge in [0.25, 0.3) is 0 Å². The lowest BCUT2D eigenvalue weighted by Crippen LogP contribution is -2.12. The number of fused-ring (bicyclic) bond motifs is 1. The zero-order valence-corrected chi connectivity index (χ0v) is 12.6. The predicted octanol–water partition coefficient (Wildman–Crippen LogP) is 3.15. The van der Waals surface area contributed by atoms with Gasteiger partial charge in [-0.25, -0.2) is 10.8 Å². The maximum Gasteiger partial charge on any atom is 0.240 e. The number of benzene rings is 1. The van der Waals surface area contributed by atoms with Crippen LogP contribution >= 0.6 is 11.3 Å². The van der Waals surface area contributed by atoms with E-state index in [-0.39, 0.29) is 0 Å². The second-order valence-corrected chi connectivity index (χ2v) is 5.78. The molecule has 2 aromatic heterocycles. The normalized spacial score (nSPS) is 10.8. The van der Waals surface area contributed by atoms with Crippen LogP contribution in [-0.2, 0) is 13.0 Å². The fourth-order valence-electron chi connectivity index (χ4n) is 2.13. The molecule has 6 heteroatoms. The number of nitrogens with one attached hydrogen (secondary N) is 2. The van der Waals surface area contributed by atoms with Crippen LogP contribution in [0.1, 0.15) is 17.4 Å². The number of anilines is 2. The molecule has 0 radical (unpaired) electrons. The highest BCUT2D eigenvalue weighted by molar-refractivity contribution is 7.18. The summed E-state index contributed by atoms with van der Waals surface area (Å²) in [4.78, 5) is 11.1. The number of hydrazine groups is 1. The van der Waals surface area contributed by atoms with Gasteiger partial charge in [0.15, 0.2) is 0 Å². The molecule has 0 spiro atoms. The van der Waals surface area contributed by atoms with E-state index in [0.717, 1.165) is 22.5 Å². The Morgan fingerprint density at radius 3 is 2.71 bits per heavy atom. The molecule has 0 atom stereocenters. The summed E-state index contributed by atoms with van der Waals surface area (Å²) in [5.74, 6) is 6.70. The molecule has 0 saturated carbocycles. The quantitative estimate of drug-likeness (QED) is 0.498. The van der Waals surface area contributed by atoms with Crippen LogP contribution in [0.15, 0.2) is 36.4 Å². The van der Waals surface area contributed by atoms with Crippen molar-refractivity contribution in [3.63, 3.8) is 0 Å². The standard InChI is InChI=1S/C15H17N5S/c1-2-11-8-12-13(17-9-10-6-4-3-5-7-10)18-15(20-16)19-14(12)21-11/h3-8H,2,9,16H2,1H3,(H2,17,18,19,20). The smallest absolute Gasteiger partial charge is 0.240 e. The number of hydrogen-bond donors (Lipinski definition) is 3. The molecule has 0 unspecified atom stereocenters. The van der Waals surface area contributed by atoms with E-state index >= 15 is 0 Å². The Bertz CT molecular complexity index is 738. The molecule has 2 heterocycles. The van der Waals surface area contributed by atoms with Crippen molar-refractivity contribution in [2.24, 2.45) is 5.84 Å². The highest BCUT2D eigenvalue weighted by Crippen LogP contribution is 2.30. The molecular formula is C15H17N5S. The van der Waals surface area contributed by atoms with Gasteiger partial charge in [-0.15, -0.1) is 11.3 Å². The summed E-state index contributed by atoms with van der Waals surface area (Å²) >= 11 is 1.68. The van der Waals surface area contributed by atoms with Crippen molar-refractivity contribution in [1.29, 1.82) is 0 Å². The van der Waals surface area contributed by atoms with Gasteiger partial charge in [-0.2, -0.15) is 4.98 Å². The summed E-state index contributed by atoms with van der Waals surface area (Å²) in [6, 6.07) is 12.4. The van der Waals surface area contributed by atoms with E-state index < -0.39 is 0 Å². The molecule has 0 aliphatic carbocycles. The van der Waals surface area contributed by atoms with Gasteiger partial charge in [-0.3, -0.25) is 5.43 Å². The van der Waals surface area contributed by atoms with Gasteiger partial charge in [-0.1, -0.05) is 37.3 Å². The van der Waals surface area contributed by atoms with Crippen molar-refractivity contribution in [1.82, 2.24) is 9.97 Å². The van der Waals surface area contributed by atoms with Gasteiger partial charge in [0.1, 0.15) is 10.6 Å².